The van der Waals surface area contributed by atoms with Gasteiger partial charge in [-0.3, -0.25) is 4.68 Å². The van der Waals surface area contributed by atoms with E-state index in [9.17, 15) is 0 Å². The summed E-state index contributed by atoms with van der Waals surface area (Å²) in [4.78, 5) is 0. The second kappa shape index (κ2) is 7.98. The average Bonchev–Trinajstić information content (AvgIpc) is 2.85. The minimum Gasteiger partial charge on any atom is -0.316 e. The summed E-state index contributed by atoms with van der Waals surface area (Å²) in [5, 5.41) is 8.28. The summed E-state index contributed by atoms with van der Waals surface area (Å²) in [6, 6.07) is 2.19. The number of nitrogens with one attached hydrogen (secondary N) is 1. The van der Waals surface area contributed by atoms with E-state index >= 15 is 0 Å². The normalized spacial score (nSPS) is 26.4. The molecule has 2 rings (SSSR count). The molecule has 0 aliphatic heterocycles. The summed E-state index contributed by atoms with van der Waals surface area (Å²) in [6.45, 7) is 9.24. The van der Waals surface area contributed by atoms with Crippen molar-refractivity contribution in [1.82, 2.24) is 15.1 Å². The smallest absolute Gasteiger partial charge is 0.0627 e. The minimum absolute atomic E-state index is 0.742. The lowest BCUT2D eigenvalue weighted by molar-refractivity contribution is 0.169. The van der Waals surface area contributed by atoms with Crippen molar-refractivity contribution in [3.63, 3.8) is 0 Å². The molecule has 1 aromatic heterocycles. The topological polar surface area (TPSA) is 29.9 Å². The first-order valence-electron chi connectivity index (χ1n) is 8.77. The molecule has 3 atom stereocenters. The first-order chi connectivity index (χ1) is 10.1. The largest absolute Gasteiger partial charge is 0.316 e. The molecule has 0 bridgehead atoms. The van der Waals surface area contributed by atoms with E-state index in [1.165, 1.54) is 37.9 Å². The maximum atomic E-state index is 4.59. The van der Waals surface area contributed by atoms with Gasteiger partial charge in [-0.2, -0.15) is 5.10 Å². The third-order valence-corrected chi connectivity index (χ3v) is 5.03. The van der Waals surface area contributed by atoms with E-state index in [0.29, 0.717) is 0 Å². The van der Waals surface area contributed by atoms with Gasteiger partial charge in [0, 0.05) is 13.2 Å². The van der Waals surface area contributed by atoms with Crippen LogP contribution >= 0.6 is 0 Å². The van der Waals surface area contributed by atoms with E-state index in [2.05, 4.69) is 43.4 Å². The molecule has 0 radical (unpaired) electrons. The van der Waals surface area contributed by atoms with Crippen LogP contribution in [0.1, 0.15) is 52.1 Å². The van der Waals surface area contributed by atoms with Gasteiger partial charge in [-0.25, -0.2) is 0 Å². The van der Waals surface area contributed by atoms with E-state index in [-0.39, 0.29) is 0 Å². The molecule has 1 aliphatic rings. The van der Waals surface area contributed by atoms with Crippen molar-refractivity contribution < 1.29 is 0 Å². The zero-order valence-electron chi connectivity index (χ0n) is 14.3. The molecular weight excluding hydrogens is 258 g/mol. The van der Waals surface area contributed by atoms with Gasteiger partial charge in [-0.1, -0.05) is 33.6 Å². The summed E-state index contributed by atoms with van der Waals surface area (Å²) in [7, 11) is 2.01. The van der Waals surface area contributed by atoms with Crippen molar-refractivity contribution in [3.05, 3.63) is 18.0 Å². The number of hydrogen-bond acceptors (Lipinski definition) is 2. The van der Waals surface area contributed by atoms with Gasteiger partial charge in [0.05, 0.1) is 5.69 Å². The number of aromatic nitrogens is 2. The highest BCUT2D eigenvalue weighted by molar-refractivity contribution is 5.01. The number of rotatable bonds is 7. The molecule has 0 aromatic carbocycles. The van der Waals surface area contributed by atoms with Gasteiger partial charge >= 0.3 is 0 Å². The SMILES string of the molecule is CCC1CCC(CNCC(C)C)C(Cc2ccn(C)n2)C1. The molecule has 1 heterocycles. The van der Waals surface area contributed by atoms with Crippen molar-refractivity contribution in [1.29, 1.82) is 0 Å². The second-order valence-corrected chi connectivity index (χ2v) is 7.34. The fourth-order valence-corrected chi connectivity index (χ4v) is 3.71. The molecule has 1 fully saturated rings. The Labute approximate surface area is 130 Å². The Morgan fingerprint density at radius 2 is 2.14 bits per heavy atom. The summed E-state index contributed by atoms with van der Waals surface area (Å²) in [6.07, 6.45) is 8.77. The van der Waals surface area contributed by atoms with Crippen LogP contribution in [0.2, 0.25) is 0 Å². The predicted octanol–water partition coefficient (Wildman–Crippen LogP) is 3.65. The first kappa shape index (κ1) is 16.5. The van der Waals surface area contributed by atoms with Crippen LogP contribution in [0.25, 0.3) is 0 Å². The third kappa shape index (κ3) is 5.14. The van der Waals surface area contributed by atoms with Crippen molar-refractivity contribution >= 4 is 0 Å². The molecule has 3 nitrogen and oxygen atoms in total. The Balaban J connectivity index is 1.92. The van der Waals surface area contributed by atoms with E-state index < -0.39 is 0 Å². The Kier molecular flexibility index (Phi) is 6.28. The van der Waals surface area contributed by atoms with Gasteiger partial charge < -0.3 is 5.32 Å². The highest BCUT2D eigenvalue weighted by Crippen LogP contribution is 2.37. The third-order valence-electron chi connectivity index (χ3n) is 5.03. The molecule has 1 saturated carbocycles. The molecule has 0 amide bonds. The summed E-state index contributed by atoms with van der Waals surface area (Å²) < 4.78 is 1.93. The molecule has 1 aliphatic carbocycles. The van der Waals surface area contributed by atoms with Gasteiger partial charge in [-0.15, -0.1) is 0 Å². The van der Waals surface area contributed by atoms with Crippen molar-refractivity contribution in [2.45, 2.75) is 52.9 Å². The van der Waals surface area contributed by atoms with Gasteiger partial charge in [0.2, 0.25) is 0 Å². The molecule has 120 valence electrons. The second-order valence-electron chi connectivity index (χ2n) is 7.34. The molecule has 3 unspecified atom stereocenters. The number of aryl methyl sites for hydroxylation is 1. The van der Waals surface area contributed by atoms with Gasteiger partial charge in [0.25, 0.3) is 0 Å². The van der Waals surface area contributed by atoms with Crippen LogP contribution in [0.15, 0.2) is 12.3 Å². The molecule has 21 heavy (non-hydrogen) atoms. The molecule has 0 spiro atoms. The van der Waals surface area contributed by atoms with Crippen molar-refractivity contribution in [2.75, 3.05) is 13.1 Å². The van der Waals surface area contributed by atoms with E-state index in [1.54, 1.807) is 0 Å². The average molecular weight is 291 g/mol. The fourth-order valence-electron chi connectivity index (χ4n) is 3.71. The van der Waals surface area contributed by atoms with E-state index in [0.717, 1.165) is 36.6 Å². The van der Waals surface area contributed by atoms with Crippen LogP contribution in [0.3, 0.4) is 0 Å². The Bertz CT molecular complexity index is 410. The summed E-state index contributed by atoms with van der Waals surface area (Å²) in [5.74, 6) is 3.30. The van der Waals surface area contributed by atoms with Crippen LogP contribution in [-0.4, -0.2) is 22.9 Å². The number of nitrogens with zero attached hydrogens (tertiary/aromatic N) is 2. The maximum absolute atomic E-state index is 4.59. The molecule has 3 heteroatoms. The van der Waals surface area contributed by atoms with Crippen LogP contribution in [0.5, 0.6) is 0 Å². The first-order valence-corrected chi connectivity index (χ1v) is 8.77. The van der Waals surface area contributed by atoms with Gasteiger partial charge in [0.15, 0.2) is 0 Å². The zero-order chi connectivity index (χ0) is 15.2. The highest BCUT2D eigenvalue weighted by atomic mass is 15.2. The van der Waals surface area contributed by atoms with Crippen molar-refractivity contribution in [2.24, 2.45) is 30.7 Å². The Morgan fingerprint density at radius 1 is 1.33 bits per heavy atom. The molecule has 1 aromatic rings. The summed E-state index contributed by atoms with van der Waals surface area (Å²) >= 11 is 0. The van der Waals surface area contributed by atoms with E-state index in [1.807, 2.05) is 11.7 Å². The quantitative estimate of drug-likeness (QED) is 0.831. The Morgan fingerprint density at radius 3 is 2.76 bits per heavy atom. The zero-order valence-corrected chi connectivity index (χ0v) is 14.3. The van der Waals surface area contributed by atoms with Crippen LogP contribution < -0.4 is 5.32 Å². The van der Waals surface area contributed by atoms with Crippen LogP contribution in [0, 0.1) is 23.7 Å². The molecule has 1 N–H and O–H groups in total. The minimum atomic E-state index is 0.742. The van der Waals surface area contributed by atoms with Crippen molar-refractivity contribution in [3.8, 4) is 0 Å². The lowest BCUT2D eigenvalue weighted by Crippen LogP contribution is -2.35. The molecule has 0 saturated heterocycles. The number of hydrogen-bond donors (Lipinski definition) is 1. The maximum Gasteiger partial charge on any atom is 0.0627 e. The van der Waals surface area contributed by atoms with Crippen LogP contribution in [0.4, 0.5) is 0 Å². The van der Waals surface area contributed by atoms with E-state index in [4.69, 9.17) is 0 Å². The van der Waals surface area contributed by atoms with Crippen LogP contribution in [-0.2, 0) is 13.5 Å². The Hall–Kier alpha value is -0.830. The molecular formula is C18H33N3. The standard InChI is InChI=1S/C18H33N3/c1-5-15-6-7-16(13-19-12-14(2)3)17(10-15)11-18-8-9-21(4)20-18/h8-9,14-17,19H,5-7,10-13H2,1-4H3. The lowest BCUT2D eigenvalue weighted by Gasteiger charge is -2.36. The highest BCUT2D eigenvalue weighted by Gasteiger charge is 2.30. The monoisotopic (exact) mass is 291 g/mol. The predicted molar refractivity (Wildman–Crippen MR) is 89.2 cm³/mol. The summed E-state index contributed by atoms with van der Waals surface area (Å²) in [5.41, 5.74) is 1.27. The fraction of sp³-hybridized carbons (Fsp3) is 0.833. The van der Waals surface area contributed by atoms with Gasteiger partial charge in [-0.05, 0) is 62.1 Å². The van der Waals surface area contributed by atoms with Gasteiger partial charge in [0.1, 0.15) is 0 Å². The lowest BCUT2D eigenvalue weighted by atomic mass is 9.71.